The monoisotopic (exact) mass is 443 g/mol. The van der Waals surface area contributed by atoms with E-state index in [0.717, 1.165) is 5.56 Å². The number of ether oxygens (including phenoxy) is 1. The van der Waals surface area contributed by atoms with Gasteiger partial charge in [-0.2, -0.15) is 4.31 Å². The zero-order valence-corrected chi connectivity index (χ0v) is 18.5. The van der Waals surface area contributed by atoms with Gasteiger partial charge < -0.3 is 14.6 Å². The Hall–Kier alpha value is -3.24. The summed E-state index contributed by atoms with van der Waals surface area (Å²) >= 11 is 0. The second-order valence-electron chi connectivity index (χ2n) is 6.71. The van der Waals surface area contributed by atoms with E-state index in [1.54, 1.807) is 45.4 Å². The quantitative estimate of drug-likeness (QED) is 0.545. The second kappa shape index (κ2) is 9.71. The Bertz CT molecular complexity index is 1140. The molecule has 1 N–H and O–H groups in total. The van der Waals surface area contributed by atoms with Crippen molar-refractivity contribution < 1.29 is 17.9 Å². The average molecular weight is 444 g/mol. The summed E-state index contributed by atoms with van der Waals surface area (Å²) in [4.78, 5) is 21.1. The molecule has 31 heavy (non-hydrogen) atoms. The largest absolute Gasteiger partial charge is 0.485 e. The van der Waals surface area contributed by atoms with Crippen molar-refractivity contribution in [2.45, 2.75) is 25.3 Å². The summed E-state index contributed by atoms with van der Waals surface area (Å²) < 4.78 is 34.1. The van der Waals surface area contributed by atoms with E-state index in [2.05, 4.69) is 15.3 Å². The van der Waals surface area contributed by atoms with Crippen LogP contribution in [0.2, 0.25) is 0 Å². The van der Waals surface area contributed by atoms with Crippen LogP contribution in [-0.2, 0) is 23.7 Å². The highest BCUT2D eigenvalue weighted by atomic mass is 32.2. The molecule has 0 aliphatic heterocycles. The van der Waals surface area contributed by atoms with E-state index in [-0.39, 0.29) is 23.0 Å². The number of anilines is 1. The van der Waals surface area contributed by atoms with Gasteiger partial charge in [-0.3, -0.25) is 9.78 Å². The Morgan fingerprint density at radius 1 is 1.16 bits per heavy atom. The van der Waals surface area contributed by atoms with Crippen molar-refractivity contribution in [3.05, 3.63) is 66.4 Å². The van der Waals surface area contributed by atoms with Crippen LogP contribution < -0.4 is 10.1 Å². The summed E-state index contributed by atoms with van der Waals surface area (Å²) in [6, 6.07) is 8.43. The van der Waals surface area contributed by atoms with Crippen LogP contribution in [0.25, 0.3) is 0 Å². The molecular weight excluding hydrogens is 418 g/mol. The molecule has 0 atom stereocenters. The van der Waals surface area contributed by atoms with Crippen molar-refractivity contribution in [1.82, 2.24) is 18.8 Å². The van der Waals surface area contributed by atoms with Crippen LogP contribution in [-0.4, -0.2) is 46.3 Å². The second-order valence-corrected chi connectivity index (χ2v) is 8.65. The maximum Gasteiger partial charge on any atom is 0.273 e. The molecule has 0 unspecified atom stereocenters. The van der Waals surface area contributed by atoms with Gasteiger partial charge in [-0.25, -0.2) is 13.4 Å². The minimum absolute atomic E-state index is 0.0685. The molecule has 3 heterocycles. The van der Waals surface area contributed by atoms with Crippen LogP contribution in [0, 0.1) is 0 Å². The fraction of sp³-hybridized carbons (Fsp3) is 0.286. The minimum Gasteiger partial charge on any atom is -0.485 e. The molecule has 0 fully saturated rings. The number of aromatic nitrogens is 3. The summed E-state index contributed by atoms with van der Waals surface area (Å²) in [7, 11) is -2.05. The van der Waals surface area contributed by atoms with Crippen LogP contribution in [0.1, 0.15) is 29.9 Å². The number of nitrogens with zero attached hydrogens (tertiary/aromatic N) is 4. The first-order valence-electron chi connectivity index (χ1n) is 9.81. The van der Waals surface area contributed by atoms with Gasteiger partial charge in [0.15, 0.2) is 11.6 Å². The Morgan fingerprint density at radius 2 is 1.87 bits per heavy atom. The third kappa shape index (κ3) is 5.09. The van der Waals surface area contributed by atoms with Gasteiger partial charge >= 0.3 is 0 Å². The standard InChI is InChI=1S/C21H25N5O4S/c1-4-26(5-2)31(28,29)17-13-18(25(3)14-17)21(27)24-20-19(7-6-10-23-20)30-15-16-8-11-22-12-9-16/h6-14H,4-5,15H2,1-3H3,(H,23,24,27). The molecule has 0 saturated carbocycles. The summed E-state index contributed by atoms with van der Waals surface area (Å²) in [6.45, 7) is 4.52. The van der Waals surface area contributed by atoms with Gasteiger partial charge in [0.1, 0.15) is 17.2 Å². The molecule has 1 amide bonds. The van der Waals surface area contributed by atoms with E-state index in [4.69, 9.17) is 4.74 Å². The summed E-state index contributed by atoms with van der Waals surface area (Å²) in [6.07, 6.45) is 6.31. The molecular formula is C21H25N5O4S. The smallest absolute Gasteiger partial charge is 0.273 e. The zero-order valence-electron chi connectivity index (χ0n) is 17.6. The van der Waals surface area contributed by atoms with Crippen LogP contribution in [0.4, 0.5) is 5.82 Å². The highest BCUT2D eigenvalue weighted by molar-refractivity contribution is 7.89. The normalized spacial score (nSPS) is 11.5. The van der Waals surface area contributed by atoms with Gasteiger partial charge in [0, 0.05) is 44.9 Å². The molecule has 10 heteroatoms. The molecule has 0 aliphatic carbocycles. The predicted octanol–water partition coefficient (Wildman–Crippen LogP) is 2.68. The number of pyridine rings is 2. The molecule has 3 rings (SSSR count). The fourth-order valence-electron chi connectivity index (χ4n) is 3.03. The predicted molar refractivity (Wildman–Crippen MR) is 116 cm³/mol. The Kier molecular flexibility index (Phi) is 7.03. The first-order valence-corrected chi connectivity index (χ1v) is 11.2. The van der Waals surface area contributed by atoms with E-state index in [0.29, 0.717) is 18.8 Å². The number of hydrogen-bond donors (Lipinski definition) is 1. The van der Waals surface area contributed by atoms with E-state index >= 15 is 0 Å². The molecule has 0 saturated heterocycles. The van der Waals surface area contributed by atoms with Crippen molar-refractivity contribution in [1.29, 1.82) is 0 Å². The van der Waals surface area contributed by atoms with Crippen molar-refractivity contribution in [2.24, 2.45) is 7.05 Å². The van der Waals surface area contributed by atoms with Gasteiger partial charge in [0.25, 0.3) is 5.91 Å². The number of carbonyl (C=O) groups excluding carboxylic acids is 1. The first-order chi connectivity index (χ1) is 14.9. The average Bonchev–Trinajstić information content (AvgIpc) is 3.17. The van der Waals surface area contributed by atoms with Crippen molar-refractivity contribution >= 4 is 21.7 Å². The Labute approximate surface area is 181 Å². The van der Waals surface area contributed by atoms with Crippen LogP contribution >= 0.6 is 0 Å². The van der Waals surface area contributed by atoms with E-state index in [1.165, 1.54) is 27.3 Å². The van der Waals surface area contributed by atoms with Gasteiger partial charge in [-0.15, -0.1) is 0 Å². The lowest BCUT2D eigenvalue weighted by molar-refractivity contribution is 0.101. The third-order valence-electron chi connectivity index (χ3n) is 4.70. The van der Waals surface area contributed by atoms with Crippen molar-refractivity contribution in [3.8, 4) is 5.75 Å². The topological polar surface area (TPSA) is 106 Å². The van der Waals surface area contributed by atoms with Gasteiger partial charge in [0.2, 0.25) is 10.0 Å². The highest BCUT2D eigenvalue weighted by Gasteiger charge is 2.25. The summed E-state index contributed by atoms with van der Waals surface area (Å²) in [5.41, 5.74) is 1.11. The van der Waals surface area contributed by atoms with E-state index in [1.807, 2.05) is 12.1 Å². The maximum atomic E-state index is 12.9. The summed E-state index contributed by atoms with van der Waals surface area (Å²) in [5, 5.41) is 2.71. The van der Waals surface area contributed by atoms with E-state index < -0.39 is 15.9 Å². The van der Waals surface area contributed by atoms with E-state index in [9.17, 15) is 13.2 Å². The number of rotatable bonds is 9. The number of amides is 1. The molecule has 0 aliphatic rings. The molecule has 0 spiro atoms. The number of nitrogens with one attached hydrogen (secondary N) is 1. The molecule has 0 radical (unpaired) electrons. The van der Waals surface area contributed by atoms with Gasteiger partial charge in [-0.05, 0) is 35.9 Å². The molecule has 3 aromatic rings. The fourth-order valence-corrected chi connectivity index (χ4v) is 4.56. The first kappa shape index (κ1) is 22.4. The maximum absolute atomic E-state index is 12.9. The zero-order chi connectivity index (χ0) is 22.4. The lowest BCUT2D eigenvalue weighted by Gasteiger charge is -2.17. The van der Waals surface area contributed by atoms with Gasteiger partial charge in [0.05, 0.1) is 0 Å². The SMILES string of the molecule is CCN(CC)S(=O)(=O)c1cc(C(=O)Nc2ncccc2OCc2ccncc2)n(C)c1. The number of aryl methyl sites for hydroxylation is 1. The molecule has 3 aromatic heterocycles. The van der Waals surface area contributed by atoms with Crippen molar-refractivity contribution in [3.63, 3.8) is 0 Å². The molecule has 0 aromatic carbocycles. The number of hydrogen-bond acceptors (Lipinski definition) is 6. The van der Waals surface area contributed by atoms with Crippen LogP contribution in [0.3, 0.4) is 0 Å². The third-order valence-corrected chi connectivity index (χ3v) is 6.72. The molecule has 164 valence electrons. The Morgan fingerprint density at radius 3 is 2.55 bits per heavy atom. The van der Waals surface area contributed by atoms with Crippen LogP contribution in [0.5, 0.6) is 5.75 Å². The number of carbonyl (C=O) groups is 1. The lowest BCUT2D eigenvalue weighted by atomic mass is 10.3. The lowest BCUT2D eigenvalue weighted by Crippen LogP contribution is -2.30. The molecule has 9 nitrogen and oxygen atoms in total. The minimum atomic E-state index is -3.67. The van der Waals surface area contributed by atoms with Crippen LogP contribution in [0.15, 0.2) is 60.0 Å². The summed E-state index contributed by atoms with van der Waals surface area (Å²) in [5.74, 6) is 0.157. The molecule has 0 bridgehead atoms. The highest BCUT2D eigenvalue weighted by Crippen LogP contribution is 2.24. The number of sulfonamides is 1. The van der Waals surface area contributed by atoms with Crippen molar-refractivity contribution in [2.75, 3.05) is 18.4 Å². The Balaban J connectivity index is 1.79. The van der Waals surface area contributed by atoms with Gasteiger partial charge in [-0.1, -0.05) is 13.8 Å².